The Hall–Kier alpha value is -6.53. The number of aliphatic hydroxyl groups is 1. The molecule has 380 valence electrons. The van der Waals surface area contributed by atoms with E-state index in [1.165, 1.54) is 11.3 Å². The fraction of sp³-hybridized carbons (Fsp3) is 0.537. The van der Waals surface area contributed by atoms with Gasteiger partial charge in [0.1, 0.15) is 23.2 Å². The quantitative estimate of drug-likeness (QED) is 0.180. The smallest absolute Gasteiger partial charge is 0.270 e. The van der Waals surface area contributed by atoms with Crippen molar-refractivity contribution in [2.45, 2.75) is 128 Å². The molecule has 18 nitrogen and oxygen atoms in total. The molecule has 1 unspecified atom stereocenters. The number of piperidine rings is 3. The molecule has 1 aromatic carbocycles. The molecule has 3 N–H and O–H groups in total. The van der Waals surface area contributed by atoms with E-state index in [9.17, 15) is 29.1 Å². The van der Waals surface area contributed by atoms with Crippen LogP contribution in [0.1, 0.15) is 116 Å². The topological polar surface area (TPSA) is 189 Å². The van der Waals surface area contributed by atoms with Gasteiger partial charge in [0.2, 0.25) is 17.7 Å². The van der Waals surface area contributed by atoms with E-state index >= 15 is 0 Å². The summed E-state index contributed by atoms with van der Waals surface area (Å²) in [7, 11) is 1.60. The first-order chi connectivity index (χ1) is 34.5. The van der Waals surface area contributed by atoms with Crippen LogP contribution < -0.4 is 30.1 Å². The number of nitrogens with one attached hydrogen (secondary N) is 2. The maximum atomic E-state index is 14.3. The monoisotopic (exact) mass is 982 g/mol. The third kappa shape index (κ3) is 8.52. The lowest BCUT2D eigenvalue weighted by atomic mass is 9.83. The number of carbonyl (C=O) groups is 5. The van der Waals surface area contributed by atoms with Gasteiger partial charge in [0.25, 0.3) is 17.7 Å². The van der Waals surface area contributed by atoms with Crippen molar-refractivity contribution in [3.05, 3.63) is 82.9 Å². The number of pyridine rings is 2. The average molecular weight is 982 g/mol. The Morgan fingerprint density at radius 3 is 2.25 bits per heavy atom. The number of rotatable bonds is 10. The molecule has 1 aliphatic carbocycles. The van der Waals surface area contributed by atoms with Crippen molar-refractivity contribution in [2.75, 3.05) is 72.9 Å². The highest BCUT2D eigenvalue weighted by atomic mass is 16.5. The standard InChI is InChI=1S/C54H67N11O7/c1-32-31-60(34-15-18-59(19-16-34)35-9-11-38-39(25-35)51(69)65(50(38)68)42-12-14-46(66)58-48(42)67)20-21-61(32)36-10-13-45(55-29-36)57-40-26-37(30-56-49(40)72-6)62-17-7-8-41(47(62)54(4,5)71)64-23-22-63-43(52(64)70)24-33-27-53(2,3)28-44(33)63/h9-11,13,24-26,29-30,32,34,41-42,47,71H,7-8,12,14-23,27-28,31H2,1-6H3,(H,55,57)(H,58,66,67)/t32-,41+,42?,47-/m0/s1. The Balaban J connectivity index is 0.712. The van der Waals surface area contributed by atoms with Crippen LogP contribution in [-0.4, -0.2) is 153 Å². The fourth-order valence-corrected chi connectivity index (χ4v) is 13.2. The molecule has 3 aromatic heterocycles. The van der Waals surface area contributed by atoms with Gasteiger partial charge in [-0.05, 0) is 119 Å². The minimum atomic E-state index is -1.13. The SMILES string of the molecule is COc1ncc(N2CCC[C@@H](N3CCn4c(cc5c4CC(C)(C)C5)C3=O)[C@H]2C(C)(C)O)cc1Nc1ccc(N2CCN(C3CCN(c4ccc5c(c4)C(=O)N(C4CCC(=O)NC4=O)C5=O)CC3)C[C@@H]2C)cn1. The molecule has 11 rings (SSSR count). The summed E-state index contributed by atoms with van der Waals surface area (Å²) in [5, 5.41) is 17.6. The molecular formula is C54H67N11O7. The number of ether oxygens (including phenoxy) is 1. The van der Waals surface area contributed by atoms with Gasteiger partial charge >= 0.3 is 0 Å². The van der Waals surface area contributed by atoms with Crippen molar-refractivity contribution in [1.82, 2.24) is 34.6 Å². The molecule has 5 amide bonds. The van der Waals surface area contributed by atoms with Crippen LogP contribution in [0.4, 0.5) is 28.6 Å². The van der Waals surface area contributed by atoms with Crippen LogP contribution in [0.3, 0.4) is 0 Å². The van der Waals surface area contributed by atoms with Gasteiger partial charge in [0, 0.05) is 82.2 Å². The van der Waals surface area contributed by atoms with Crippen molar-refractivity contribution in [1.29, 1.82) is 0 Å². The number of anilines is 5. The number of amides is 5. The average Bonchev–Trinajstić information content (AvgIpc) is 3.94. The number of imide groups is 2. The molecule has 9 heterocycles. The molecule has 4 saturated heterocycles. The van der Waals surface area contributed by atoms with E-state index in [0.717, 1.165) is 105 Å². The van der Waals surface area contributed by atoms with E-state index in [0.29, 0.717) is 47.6 Å². The van der Waals surface area contributed by atoms with E-state index in [4.69, 9.17) is 14.7 Å². The second-order valence-electron chi connectivity index (χ2n) is 22.4. The third-order valence-electron chi connectivity index (χ3n) is 16.5. The summed E-state index contributed by atoms with van der Waals surface area (Å²) in [5.74, 6) is -0.867. The molecule has 0 bridgehead atoms. The summed E-state index contributed by atoms with van der Waals surface area (Å²) in [6, 6.07) is 12.7. The number of piperazine rings is 1. The molecule has 6 aliphatic heterocycles. The van der Waals surface area contributed by atoms with Gasteiger partial charge in [0.05, 0.1) is 59.7 Å². The molecule has 0 spiro atoms. The van der Waals surface area contributed by atoms with Crippen LogP contribution in [0.25, 0.3) is 0 Å². The van der Waals surface area contributed by atoms with Crippen molar-refractivity contribution < 1.29 is 33.8 Å². The molecule has 4 aromatic rings. The number of aromatic nitrogens is 3. The number of fused-ring (bicyclic) bond motifs is 4. The maximum absolute atomic E-state index is 14.3. The minimum Gasteiger partial charge on any atom is -0.480 e. The Morgan fingerprint density at radius 1 is 0.778 bits per heavy atom. The van der Waals surface area contributed by atoms with Gasteiger partial charge in [-0.3, -0.25) is 39.1 Å². The molecule has 4 atom stereocenters. The molecular weight excluding hydrogens is 915 g/mol. The Bertz CT molecular complexity index is 2830. The van der Waals surface area contributed by atoms with Crippen LogP contribution in [0.5, 0.6) is 5.88 Å². The zero-order chi connectivity index (χ0) is 50.4. The van der Waals surface area contributed by atoms with E-state index < -0.39 is 35.3 Å². The van der Waals surface area contributed by atoms with Gasteiger partial charge in [-0.25, -0.2) is 9.97 Å². The van der Waals surface area contributed by atoms with Crippen LogP contribution in [0.15, 0.2) is 54.9 Å². The Labute approximate surface area is 420 Å². The van der Waals surface area contributed by atoms with E-state index in [-0.39, 0.29) is 42.3 Å². The lowest BCUT2D eigenvalue weighted by Crippen LogP contribution is -2.65. The predicted molar refractivity (Wildman–Crippen MR) is 272 cm³/mol. The van der Waals surface area contributed by atoms with Gasteiger partial charge in [-0.1, -0.05) is 13.8 Å². The highest BCUT2D eigenvalue weighted by Gasteiger charge is 2.48. The van der Waals surface area contributed by atoms with Gasteiger partial charge in [0.15, 0.2) is 0 Å². The van der Waals surface area contributed by atoms with Crippen molar-refractivity contribution in [3.8, 4) is 5.88 Å². The summed E-state index contributed by atoms with van der Waals surface area (Å²) in [5.41, 5.74) is 6.46. The fourth-order valence-electron chi connectivity index (χ4n) is 13.2. The highest BCUT2D eigenvalue weighted by Crippen LogP contribution is 2.42. The van der Waals surface area contributed by atoms with E-state index in [1.807, 2.05) is 43.1 Å². The molecule has 0 radical (unpaired) electrons. The molecule has 18 heteroatoms. The molecule has 4 fully saturated rings. The predicted octanol–water partition coefficient (Wildman–Crippen LogP) is 5.00. The van der Waals surface area contributed by atoms with Crippen LogP contribution in [-0.2, 0) is 29.0 Å². The number of hydrogen-bond donors (Lipinski definition) is 3. The van der Waals surface area contributed by atoms with Gasteiger partial charge in [-0.15, -0.1) is 0 Å². The van der Waals surface area contributed by atoms with Gasteiger partial charge in [-0.2, -0.15) is 0 Å². The lowest BCUT2D eigenvalue weighted by molar-refractivity contribution is -0.136. The zero-order valence-electron chi connectivity index (χ0n) is 42.3. The second kappa shape index (κ2) is 18.2. The zero-order valence-corrected chi connectivity index (χ0v) is 42.3. The normalized spacial score (nSPS) is 24.9. The lowest BCUT2D eigenvalue weighted by Gasteiger charge is -2.52. The van der Waals surface area contributed by atoms with E-state index in [2.05, 4.69) is 67.7 Å². The van der Waals surface area contributed by atoms with Crippen molar-refractivity contribution >= 4 is 58.1 Å². The number of carbonyl (C=O) groups excluding carboxylic acids is 5. The largest absolute Gasteiger partial charge is 0.480 e. The maximum Gasteiger partial charge on any atom is 0.270 e. The highest BCUT2D eigenvalue weighted by molar-refractivity contribution is 6.23. The Kier molecular flexibility index (Phi) is 12.1. The Morgan fingerprint density at radius 2 is 1.53 bits per heavy atom. The summed E-state index contributed by atoms with van der Waals surface area (Å²) >= 11 is 0. The second-order valence-corrected chi connectivity index (χ2v) is 22.4. The molecule has 7 aliphatic rings. The number of nitrogens with zero attached hydrogens (tertiary/aromatic N) is 9. The van der Waals surface area contributed by atoms with Crippen LogP contribution in [0, 0.1) is 5.41 Å². The first-order valence-corrected chi connectivity index (χ1v) is 25.9. The number of hydrogen-bond acceptors (Lipinski definition) is 14. The van der Waals surface area contributed by atoms with Crippen molar-refractivity contribution in [2.24, 2.45) is 5.41 Å². The van der Waals surface area contributed by atoms with Crippen LogP contribution >= 0.6 is 0 Å². The summed E-state index contributed by atoms with van der Waals surface area (Å²) in [4.78, 5) is 87.4. The van der Waals surface area contributed by atoms with Gasteiger partial charge < -0.3 is 39.3 Å². The summed E-state index contributed by atoms with van der Waals surface area (Å²) in [6.45, 7) is 16.9. The van der Waals surface area contributed by atoms with E-state index in [1.54, 1.807) is 25.4 Å². The third-order valence-corrected chi connectivity index (χ3v) is 16.5. The number of methoxy groups -OCH3 is 1. The van der Waals surface area contributed by atoms with Crippen molar-refractivity contribution in [3.63, 3.8) is 0 Å². The first kappa shape index (κ1) is 47.8. The molecule has 72 heavy (non-hydrogen) atoms. The summed E-state index contributed by atoms with van der Waals surface area (Å²) < 4.78 is 8.00. The first-order valence-electron chi connectivity index (χ1n) is 25.9. The summed E-state index contributed by atoms with van der Waals surface area (Å²) in [6.07, 6.45) is 9.48. The van der Waals surface area contributed by atoms with Crippen LogP contribution in [0.2, 0.25) is 0 Å². The minimum absolute atomic E-state index is 0.0478. The molecule has 0 saturated carbocycles. The number of benzene rings is 1.